The summed E-state index contributed by atoms with van der Waals surface area (Å²) in [5, 5.41) is 12.1. The molecule has 1 aliphatic heterocycles. The standard InChI is InChI=1S/C32H31N3O4/c36-31(29-12-5-4-9-25(29)19-23-7-2-1-3-8-23)34-27-13-14-30(33-21-27)35-17-15-24(16-18-35)22-39-28-11-6-10-26(20-28)32(37)38/h1-14,20-21,24H,15-19,22H2,(H,34,36)(H,37,38). The van der Waals surface area contributed by atoms with E-state index >= 15 is 0 Å². The van der Waals surface area contributed by atoms with Gasteiger partial charge in [0.2, 0.25) is 0 Å². The van der Waals surface area contributed by atoms with Gasteiger partial charge in [-0.05, 0) is 72.7 Å². The lowest BCUT2D eigenvalue weighted by Crippen LogP contribution is -2.36. The lowest BCUT2D eigenvalue weighted by atomic mass is 9.98. The molecule has 0 saturated carbocycles. The van der Waals surface area contributed by atoms with Crippen LogP contribution in [-0.4, -0.2) is 41.7 Å². The molecule has 1 saturated heterocycles. The van der Waals surface area contributed by atoms with Gasteiger partial charge in [-0.3, -0.25) is 4.79 Å². The van der Waals surface area contributed by atoms with Gasteiger partial charge in [-0.15, -0.1) is 0 Å². The Morgan fingerprint density at radius 2 is 1.69 bits per heavy atom. The number of carbonyl (C=O) groups is 2. The summed E-state index contributed by atoms with van der Waals surface area (Å²) < 4.78 is 5.87. The van der Waals surface area contributed by atoms with Crippen molar-refractivity contribution in [1.82, 2.24) is 4.98 Å². The smallest absolute Gasteiger partial charge is 0.335 e. The maximum Gasteiger partial charge on any atom is 0.335 e. The second-order valence-corrected chi connectivity index (χ2v) is 9.75. The first-order valence-electron chi connectivity index (χ1n) is 13.2. The van der Waals surface area contributed by atoms with Crippen LogP contribution >= 0.6 is 0 Å². The fourth-order valence-corrected chi connectivity index (χ4v) is 4.82. The number of aromatic nitrogens is 1. The molecule has 0 atom stereocenters. The van der Waals surface area contributed by atoms with Crippen molar-refractivity contribution >= 4 is 23.4 Å². The predicted octanol–water partition coefficient (Wildman–Crippen LogP) is 5.92. The number of benzene rings is 3. The van der Waals surface area contributed by atoms with Gasteiger partial charge in [0.1, 0.15) is 11.6 Å². The van der Waals surface area contributed by atoms with E-state index in [1.54, 1.807) is 30.5 Å². The largest absolute Gasteiger partial charge is 0.493 e. The number of nitrogens with one attached hydrogen (secondary N) is 1. The molecule has 7 heteroatoms. The third-order valence-electron chi connectivity index (χ3n) is 7.01. The molecule has 0 radical (unpaired) electrons. The van der Waals surface area contributed by atoms with E-state index in [1.807, 2.05) is 54.6 Å². The Kier molecular flexibility index (Phi) is 8.17. The SMILES string of the molecule is O=C(O)c1cccc(OCC2CCN(c3ccc(NC(=O)c4ccccc4Cc4ccccc4)cn3)CC2)c1. The summed E-state index contributed by atoms with van der Waals surface area (Å²) >= 11 is 0. The molecule has 0 aliphatic carbocycles. The van der Waals surface area contributed by atoms with E-state index in [0.717, 1.165) is 42.9 Å². The summed E-state index contributed by atoms with van der Waals surface area (Å²) in [4.78, 5) is 31.1. The van der Waals surface area contributed by atoms with E-state index in [0.29, 0.717) is 35.9 Å². The van der Waals surface area contributed by atoms with Crippen molar-refractivity contribution in [3.8, 4) is 5.75 Å². The molecule has 4 aromatic rings. The zero-order chi connectivity index (χ0) is 27.0. The average Bonchev–Trinajstić information content (AvgIpc) is 2.98. The van der Waals surface area contributed by atoms with Crippen LogP contribution in [0.3, 0.4) is 0 Å². The number of carboxylic acids is 1. The summed E-state index contributed by atoms with van der Waals surface area (Å²) in [5.74, 6) is 0.750. The maximum atomic E-state index is 13.1. The minimum Gasteiger partial charge on any atom is -0.493 e. The van der Waals surface area contributed by atoms with Crippen molar-refractivity contribution in [2.24, 2.45) is 5.92 Å². The fourth-order valence-electron chi connectivity index (χ4n) is 4.82. The zero-order valence-electron chi connectivity index (χ0n) is 21.6. The molecule has 1 aliphatic rings. The second-order valence-electron chi connectivity index (χ2n) is 9.75. The van der Waals surface area contributed by atoms with Crippen LogP contribution < -0.4 is 15.0 Å². The van der Waals surface area contributed by atoms with Crippen LogP contribution in [-0.2, 0) is 6.42 Å². The van der Waals surface area contributed by atoms with E-state index in [9.17, 15) is 9.59 Å². The quantitative estimate of drug-likeness (QED) is 0.284. The van der Waals surface area contributed by atoms with Crippen LogP contribution in [0.15, 0.2) is 97.2 Å². The van der Waals surface area contributed by atoms with Crippen LogP contribution in [0.1, 0.15) is 44.7 Å². The number of ether oxygens (including phenoxy) is 1. The summed E-state index contributed by atoms with van der Waals surface area (Å²) in [6, 6.07) is 28.2. The Hall–Kier alpha value is -4.65. The maximum absolute atomic E-state index is 13.1. The zero-order valence-corrected chi connectivity index (χ0v) is 21.6. The minimum absolute atomic E-state index is 0.147. The van der Waals surface area contributed by atoms with E-state index in [4.69, 9.17) is 9.84 Å². The first kappa shape index (κ1) is 26.0. The van der Waals surface area contributed by atoms with E-state index in [2.05, 4.69) is 27.3 Å². The normalized spacial score (nSPS) is 13.6. The summed E-state index contributed by atoms with van der Waals surface area (Å²) in [6.45, 7) is 2.27. The highest BCUT2D eigenvalue weighted by atomic mass is 16.5. The number of anilines is 2. The predicted molar refractivity (Wildman–Crippen MR) is 152 cm³/mol. The van der Waals surface area contributed by atoms with Gasteiger partial charge >= 0.3 is 5.97 Å². The molecule has 0 spiro atoms. The Morgan fingerprint density at radius 3 is 2.44 bits per heavy atom. The van der Waals surface area contributed by atoms with Crippen molar-refractivity contribution in [3.63, 3.8) is 0 Å². The van der Waals surface area contributed by atoms with Gasteiger partial charge < -0.3 is 20.1 Å². The molecule has 1 aromatic heterocycles. The number of piperidine rings is 1. The van der Waals surface area contributed by atoms with Crippen LogP contribution in [0.5, 0.6) is 5.75 Å². The number of aromatic carboxylic acids is 1. The number of pyridine rings is 1. The summed E-state index contributed by atoms with van der Waals surface area (Å²) in [6.07, 6.45) is 4.31. The van der Waals surface area contributed by atoms with E-state index in [-0.39, 0.29) is 11.5 Å². The lowest BCUT2D eigenvalue weighted by Gasteiger charge is -2.32. The highest BCUT2D eigenvalue weighted by Gasteiger charge is 2.21. The molecule has 7 nitrogen and oxygen atoms in total. The van der Waals surface area contributed by atoms with Gasteiger partial charge in [0.25, 0.3) is 5.91 Å². The molecule has 198 valence electrons. The summed E-state index contributed by atoms with van der Waals surface area (Å²) in [7, 11) is 0. The van der Waals surface area contributed by atoms with Crippen molar-refractivity contribution < 1.29 is 19.4 Å². The molecule has 5 rings (SSSR count). The van der Waals surface area contributed by atoms with Gasteiger partial charge in [0.15, 0.2) is 0 Å². The Balaban J connectivity index is 1.13. The van der Waals surface area contributed by atoms with Gasteiger partial charge in [0.05, 0.1) is 24.1 Å². The average molecular weight is 522 g/mol. The van der Waals surface area contributed by atoms with E-state index in [1.165, 1.54) is 0 Å². The molecule has 39 heavy (non-hydrogen) atoms. The molecule has 1 fully saturated rings. The van der Waals surface area contributed by atoms with Crippen LogP contribution in [0.4, 0.5) is 11.5 Å². The molecular weight excluding hydrogens is 490 g/mol. The number of hydrogen-bond acceptors (Lipinski definition) is 5. The molecule has 3 aromatic carbocycles. The van der Waals surface area contributed by atoms with Crippen LogP contribution in [0.2, 0.25) is 0 Å². The van der Waals surface area contributed by atoms with Crippen molar-refractivity contribution in [2.45, 2.75) is 19.3 Å². The second kappa shape index (κ2) is 12.3. The Labute approximate surface area is 228 Å². The Morgan fingerprint density at radius 1 is 0.923 bits per heavy atom. The monoisotopic (exact) mass is 521 g/mol. The fraction of sp³-hybridized carbons (Fsp3) is 0.219. The number of carbonyl (C=O) groups excluding carboxylic acids is 1. The molecule has 1 amide bonds. The van der Waals surface area contributed by atoms with Gasteiger partial charge in [-0.1, -0.05) is 54.6 Å². The summed E-state index contributed by atoms with van der Waals surface area (Å²) in [5.41, 5.74) is 3.68. The minimum atomic E-state index is -0.959. The number of nitrogens with zero attached hydrogens (tertiary/aromatic N) is 2. The van der Waals surface area contributed by atoms with Crippen molar-refractivity contribution in [3.05, 3.63) is 119 Å². The lowest BCUT2D eigenvalue weighted by molar-refractivity contribution is 0.0696. The van der Waals surface area contributed by atoms with Gasteiger partial charge in [0, 0.05) is 18.7 Å². The number of rotatable bonds is 9. The number of amides is 1. The van der Waals surface area contributed by atoms with Crippen molar-refractivity contribution in [1.29, 1.82) is 0 Å². The van der Waals surface area contributed by atoms with E-state index < -0.39 is 5.97 Å². The molecule has 2 N–H and O–H groups in total. The van der Waals surface area contributed by atoms with Crippen LogP contribution in [0, 0.1) is 5.92 Å². The van der Waals surface area contributed by atoms with Crippen LogP contribution in [0.25, 0.3) is 0 Å². The molecular formula is C32H31N3O4. The van der Waals surface area contributed by atoms with Crippen molar-refractivity contribution in [2.75, 3.05) is 29.9 Å². The third kappa shape index (κ3) is 6.82. The topological polar surface area (TPSA) is 91.8 Å². The highest BCUT2D eigenvalue weighted by molar-refractivity contribution is 6.05. The highest BCUT2D eigenvalue weighted by Crippen LogP contribution is 2.24. The first-order valence-corrected chi connectivity index (χ1v) is 13.2. The molecule has 0 bridgehead atoms. The molecule has 2 heterocycles. The molecule has 0 unspecified atom stereocenters. The number of hydrogen-bond donors (Lipinski definition) is 2. The number of carboxylic acid groups (broad SMARTS) is 1. The Bertz CT molecular complexity index is 1420. The third-order valence-corrected chi connectivity index (χ3v) is 7.01. The van der Waals surface area contributed by atoms with Gasteiger partial charge in [-0.25, -0.2) is 9.78 Å². The van der Waals surface area contributed by atoms with Gasteiger partial charge in [-0.2, -0.15) is 0 Å². The first-order chi connectivity index (χ1) is 19.0.